The van der Waals surface area contributed by atoms with E-state index < -0.39 is 0 Å². The predicted molar refractivity (Wildman–Crippen MR) is 98.1 cm³/mol. The first-order valence-corrected chi connectivity index (χ1v) is 8.58. The number of benzene rings is 1. The minimum atomic E-state index is -0.298. The minimum absolute atomic E-state index is 0.186. The molecule has 0 aliphatic carbocycles. The Hall–Kier alpha value is -3.42. The second-order valence-corrected chi connectivity index (χ2v) is 6.24. The van der Waals surface area contributed by atoms with Gasteiger partial charge in [0.25, 0.3) is 17.7 Å². The van der Waals surface area contributed by atoms with Gasteiger partial charge in [-0.15, -0.1) is 0 Å². The van der Waals surface area contributed by atoms with Crippen molar-refractivity contribution in [2.75, 3.05) is 20.2 Å². The van der Waals surface area contributed by atoms with E-state index in [4.69, 9.17) is 9.47 Å². The maximum absolute atomic E-state index is 13.0. The van der Waals surface area contributed by atoms with Crippen molar-refractivity contribution < 1.29 is 14.3 Å². The average molecular weight is 366 g/mol. The van der Waals surface area contributed by atoms with Crippen LogP contribution in [0.15, 0.2) is 47.5 Å². The largest absolute Gasteiger partial charge is 0.477 e. The van der Waals surface area contributed by atoms with Gasteiger partial charge in [-0.3, -0.25) is 9.59 Å². The zero-order chi connectivity index (χ0) is 18.8. The van der Waals surface area contributed by atoms with Gasteiger partial charge in [-0.05, 0) is 6.07 Å². The van der Waals surface area contributed by atoms with Crippen LogP contribution in [-0.4, -0.2) is 52.1 Å². The van der Waals surface area contributed by atoms with Crippen LogP contribution >= 0.6 is 0 Å². The van der Waals surface area contributed by atoms with E-state index in [-0.39, 0.29) is 17.6 Å². The number of H-pyrrole nitrogens is 1. The fourth-order valence-corrected chi connectivity index (χ4v) is 3.25. The highest BCUT2D eigenvalue weighted by molar-refractivity contribution is 6.06. The van der Waals surface area contributed by atoms with Crippen molar-refractivity contribution in [2.24, 2.45) is 0 Å². The lowest BCUT2D eigenvalue weighted by atomic mass is 10.1. The number of hydrogen-bond donors (Lipinski definition) is 1. The molecule has 1 atom stereocenters. The molecule has 8 heteroatoms. The van der Waals surface area contributed by atoms with E-state index in [0.29, 0.717) is 42.4 Å². The minimum Gasteiger partial charge on any atom is -0.477 e. The summed E-state index contributed by atoms with van der Waals surface area (Å²) >= 11 is 0. The number of nitrogens with one attached hydrogen (secondary N) is 1. The van der Waals surface area contributed by atoms with E-state index in [0.717, 1.165) is 5.39 Å². The Morgan fingerprint density at radius 1 is 1.22 bits per heavy atom. The number of nitrogens with zero attached hydrogens (tertiary/aromatic N) is 3. The Morgan fingerprint density at radius 2 is 2.00 bits per heavy atom. The van der Waals surface area contributed by atoms with Gasteiger partial charge < -0.3 is 19.4 Å². The Balaban J connectivity index is 1.54. The lowest BCUT2D eigenvalue weighted by molar-refractivity contribution is 0.0772. The summed E-state index contributed by atoms with van der Waals surface area (Å²) < 4.78 is 11.0. The molecular formula is C19H18N4O4. The van der Waals surface area contributed by atoms with Gasteiger partial charge >= 0.3 is 0 Å². The lowest BCUT2D eigenvalue weighted by Gasteiger charge is -2.18. The average Bonchev–Trinajstić information content (AvgIpc) is 3.15. The Bertz CT molecular complexity index is 1050. The number of para-hydroxylation sites is 1. The fraction of sp³-hybridized carbons (Fsp3) is 0.263. The molecule has 3 heterocycles. The summed E-state index contributed by atoms with van der Waals surface area (Å²) in [6, 6.07) is 8.62. The molecule has 0 bridgehead atoms. The van der Waals surface area contributed by atoms with Crippen molar-refractivity contribution in [1.29, 1.82) is 0 Å². The summed E-state index contributed by atoms with van der Waals surface area (Å²) in [5, 5.41) is 0.724. The molecular weight excluding hydrogens is 348 g/mol. The summed E-state index contributed by atoms with van der Waals surface area (Å²) in [6.07, 6.45) is 3.49. The molecule has 27 heavy (non-hydrogen) atoms. The molecule has 1 aliphatic rings. The summed E-state index contributed by atoms with van der Waals surface area (Å²) in [5.74, 6) is 0.429. The molecule has 0 saturated carbocycles. The molecule has 3 aromatic rings. The van der Waals surface area contributed by atoms with Crippen LogP contribution in [0, 0.1) is 0 Å². The molecule has 1 saturated heterocycles. The van der Waals surface area contributed by atoms with Gasteiger partial charge in [0.15, 0.2) is 0 Å². The number of amides is 1. The molecule has 1 aromatic carbocycles. The van der Waals surface area contributed by atoms with Crippen molar-refractivity contribution >= 4 is 16.8 Å². The van der Waals surface area contributed by atoms with Crippen LogP contribution in [0.25, 0.3) is 10.9 Å². The zero-order valence-electron chi connectivity index (χ0n) is 14.7. The number of pyridine rings is 1. The van der Waals surface area contributed by atoms with Crippen LogP contribution in [0.1, 0.15) is 16.8 Å². The molecule has 1 unspecified atom stereocenters. The normalized spacial score (nSPS) is 16.5. The topological polar surface area (TPSA) is 97.4 Å². The van der Waals surface area contributed by atoms with Crippen molar-refractivity contribution in [3.05, 3.63) is 58.6 Å². The van der Waals surface area contributed by atoms with Gasteiger partial charge in [0.05, 0.1) is 19.2 Å². The molecule has 1 fully saturated rings. The van der Waals surface area contributed by atoms with Gasteiger partial charge in [0.1, 0.15) is 6.10 Å². The SMILES string of the molecule is COc1nccnc1OC1CCN(C(=O)c2cc(=O)[nH]c3ccccc23)C1. The number of methoxy groups -OCH3 is 1. The summed E-state index contributed by atoms with van der Waals surface area (Å²) in [7, 11) is 1.50. The number of hydrogen-bond acceptors (Lipinski definition) is 6. The first-order chi connectivity index (χ1) is 13.2. The van der Waals surface area contributed by atoms with Gasteiger partial charge in [0.2, 0.25) is 5.56 Å². The number of carbonyl (C=O) groups is 1. The summed E-state index contributed by atoms with van der Waals surface area (Å²) in [5.41, 5.74) is 0.741. The smallest absolute Gasteiger partial charge is 0.278 e. The molecule has 138 valence electrons. The van der Waals surface area contributed by atoms with Gasteiger partial charge in [0, 0.05) is 42.3 Å². The molecule has 0 spiro atoms. The maximum atomic E-state index is 13.0. The first kappa shape index (κ1) is 17.0. The Labute approximate surface area is 154 Å². The number of ether oxygens (including phenoxy) is 2. The maximum Gasteiger partial charge on any atom is 0.278 e. The standard InChI is InChI=1S/C19H18N4O4/c1-26-17-18(21-8-7-20-17)27-12-6-9-23(11-12)19(25)14-10-16(24)22-15-5-3-2-4-13(14)15/h2-5,7-8,10,12H,6,9,11H2,1H3,(H,22,24). The molecule has 4 rings (SSSR count). The second-order valence-electron chi connectivity index (χ2n) is 6.24. The van der Waals surface area contributed by atoms with Crippen LogP contribution in [0.5, 0.6) is 11.8 Å². The van der Waals surface area contributed by atoms with Crippen molar-refractivity contribution in [1.82, 2.24) is 19.9 Å². The third kappa shape index (κ3) is 3.33. The molecule has 1 aliphatic heterocycles. The Morgan fingerprint density at radius 3 is 2.81 bits per heavy atom. The third-order valence-corrected chi connectivity index (χ3v) is 4.52. The second kappa shape index (κ2) is 7.06. The van der Waals surface area contributed by atoms with E-state index in [2.05, 4.69) is 15.0 Å². The van der Waals surface area contributed by atoms with E-state index in [1.54, 1.807) is 11.0 Å². The predicted octanol–water partition coefficient (Wildman–Crippen LogP) is 1.62. The monoisotopic (exact) mass is 366 g/mol. The highest BCUT2D eigenvalue weighted by Gasteiger charge is 2.30. The van der Waals surface area contributed by atoms with Gasteiger partial charge in [-0.25, -0.2) is 9.97 Å². The Kier molecular flexibility index (Phi) is 4.45. The highest BCUT2D eigenvalue weighted by Crippen LogP contribution is 2.25. The lowest BCUT2D eigenvalue weighted by Crippen LogP contribution is -2.32. The summed E-state index contributed by atoms with van der Waals surface area (Å²) in [6.45, 7) is 0.937. The molecule has 1 amide bonds. The van der Waals surface area contributed by atoms with E-state index in [1.807, 2.05) is 18.2 Å². The number of rotatable bonds is 4. The number of aromatic nitrogens is 3. The van der Waals surface area contributed by atoms with Crippen LogP contribution in [0.3, 0.4) is 0 Å². The quantitative estimate of drug-likeness (QED) is 0.754. The number of likely N-dealkylation sites (tertiary alicyclic amines) is 1. The number of carbonyl (C=O) groups excluding carboxylic acids is 1. The fourth-order valence-electron chi connectivity index (χ4n) is 3.25. The molecule has 8 nitrogen and oxygen atoms in total. The van der Waals surface area contributed by atoms with Crippen molar-refractivity contribution in [3.8, 4) is 11.8 Å². The highest BCUT2D eigenvalue weighted by atomic mass is 16.5. The number of fused-ring (bicyclic) bond motifs is 1. The van der Waals surface area contributed by atoms with E-state index in [1.165, 1.54) is 25.6 Å². The van der Waals surface area contributed by atoms with Crippen molar-refractivity contribution in [2.45, 2.75) is 12.5 Å². The molecule has 2 aromatic heterocycles. The molecule has 1 N–H and O–H groups in total. The van der Waals surface area contributed by atoms with Gasteiger partial charge in [-0.1, -0.05) is 18.2 Å². The number of aromatic amines is 1. The zero-order valence-corrected chi connectivity index (χ0v) is 14.7. The van der Waals surface area contributed by atoms with Crippen LogP contribution in [-0.2, 0) is 0 Å². The van der Waals surface area contributed by atoms with Crippen LogP contribution < -0.4 is 15.0 Å². The first-order valence-electron chi connectivity index (χ1n) is 8.58. The third-order valence-electron chi connectivity index (χ3n) is 4.52. The van der Waals surface area contributed by atoms with Gasteiger partial charge in [-0.2, -0.15) is 0 Å². The van der Waals surface area contributed by atoms with E-state index >= 15 is 0 Å². The van der Waals surface area contributed by atoms with Crippen LogP contribution in [0.2, 0.25) is 0 Å². The van der Waals surface area contributed by atoms with Crippen LogP contribution in [0.4, 0.5) is 0 Å². The van der Waals surface area contributed by atoms with Crippen molar-refractivity contribution in [3.63, 3.8) is 0 Å². The van der Waals surface area contributed by atoms with E-state index in [9.17, 15) is 9.59 Å². The summed E-state index contributed by atoms with van der Waals surface area (Å²) in [4.78, 5) is 37.5. The molecule has 0 radical (unpaired) electrons.